The first-order valence-corrected chi connectivity index (χ1v) is 11.1. The molecule has 0 aliphatic heterocycles. The Morgan fingerprint density at radius 1 is 0.562 bits per heavy atom. The van der Waals surface area contributed by atoms with Gasteiger partial charge in [-0.2, -0.15) is 4.57 Å². The van der Waals surface area contributed by atoms with Gasteiger partial charge in [0.25, 0.3) is 0 Å². The third-order valence-electron chi connectivity index (χ3n) is 4.64. The van der Waals surface area contributed by atoms with Gasteiger partial charge in [-0.1, -0.05) is 0 Å². The first-order chi connectivity index (χ1) is 15.3. The normalized spacial score (nSPS) is 10.8. The zero-order valence-electron chi connectivity index (χ0n) is 17.7. The van der Waals surface area contributed by atoms with Gasteiger partial charge in [0, 0.05) is 16.7 Å². The molecule has 0 aromatic heterocycles. The molecule has 0 N–H and O–H groups in total. The van der Waals surface area contributed by atoms with Crippen molar-refractivity contribution < 1.29 is 32.5 Å². The van der Waals surface area contributed by atoms with E-state index < -0.39 is 7.82 Å². The average molecular weight is 452 g/mol. The molecule has 0 aliphatic carbocycles. The standard InChI is InChI=1S/C24H21O7P/c1-16-10-19(13-25)4-7-22(16)29-32(28,30-23-8-5-20(14-26)11-17(23)2)31-24-9-6-21(15-27)12-18(24)3/h4-15H,1-3H3. The van der Waals surface area contributed by atoms with Crippen molar-refractivity contribution in [3.8, 4) is 17.2 Å². The second kappa shape index (κ2) is 9.62. The Morgan fingerprint density at radius 3 is 1.06 bits per heavy atom. The van der Waals surface area contributed by atoms with Crippen molar-refractivity contribution in [2.75, 3.05) is 0 Å². The molecule has 3 rings (SSSR count). The van der Waals surface area contributed by atoms with E-state index in [1.807, 2.05) is 0 Å². The molecule has 0 atom stereocenters. The van der Waals surface area contributed by atoms with Gasteiger partial charge in [-0.05, 0) is 92.1 Å². The van der Waals surface area contributed by atoms with Gasteiger partial charge in [0.1, 0.15) is 36.1 Å². The van der Waals surface area contributed by atoms with E-state index in [1.165, 1.54) is 36.4 Å². The summed E-state index contributed by atoms with van der Waals surface area (Å²) >= 11 is 0. The molecule has 0 heterocycles. The van der Waals surface area contributed by atoms with Crippen molar-refractivity contribution in [2.24, 2.45) is 0 Å². The molecule has 0 fully saturated rings. The van der Waals surface area contributed by atoms with Gasteiger partial charge in [-0.15, -0.1) is 0 Å². The Morgan fingerprint density at radius 2 is 0.844 bits per heavy atom. The third kappa shape index (κ3) is 5.31. The lowest BCUT2D eigenvalue weighted by molar-refractivity contribution is 0.111. The molecule has 0 bridgehead atoms. The lowest BCUT2D eigenvalue weighted by Crippen LogP contribution is -2.10. The van der Waals surface area contributed by atoms with Gasteiger partial charge in [0.15, 0.2) is 0 Å². The van der Waals surface area contributed by atoms with Crippen LogP contribution in [0.25, 0.3) is 0 Å². The van der Waals surface area contributed by atoms with E-state index in [1.54, 1.807) is 39.0 Å². The largest absolute Gasteiger partial charge is 0.647 e. The summed E-state index contributed by atoms with van der Waals surface area (Å²) in [5.41, 5.74) is 2.99. The van der Waals surface area contributed by atoms with Crippen LogP contribution in [0.1, 0.15) is 47.8 Å². The van der Waals surface area contributed by atoms with Crippen LogP contribution >= 0.6 is 7.82 Å². The van der Waals surface area contributed by atoms with Crippen LogP contribution in [-0.4, -0.2) is 18.9 Å². The van der Waals surface area contributed by atoms with Crippen molar-refractivity contribution in [1.29, 1.82) is 0 Å². The van der Waals surface area contributed by atoms with Crippen LogP contribution in [0.4, 0.5) is 0 Å². The fourth-order valence-corrected chi connectivity index (χ4v) is 4.41. The van der Waals surface area contributed by atoms with Crippen LogP contribution in [0.2, 0.25) is 0 Å². The Kier molecular flexibility index (Phi) is 6.91. The minimum atomic E-state index is -4.30. The minimum absolute atomic E-state index is 0.211. The van der Waals surface area contributed by atoms with Crippen molar-refractivity contribution in [3.05, 3.63) is 88.0 Å². The number of benzene rings is 3. The monoisotopic (exact) mass is 452 g/mol. The predicted molar refractivity (Wildman–Crippen MR) is 119 cm³/mol. The van der Waals surface area contributed by atoms with E-state index in [4.69, 9.17) is 13.6 Å². The number of hydrogen-bond acceptors (Lipinski definition) is 7. The number of carbonyl (C=O) groups excluding carboxylic acids is 3. The van der Waals surface area contributed by atoms with Crippen molar-refractivity contribution >= 4 is 26.7 Å². The summed E-state index contributed by atoms with van der Waals surface area (Å²) in [5, 5.41) is 0. The van der Waals surface area contributed by atoms with E-state index in [0.29, 0.717) is 52.2 Å². The number of hydrogen-bond donors (Lipinski definition) is 0. The Bertz CT molecular complexity index is 1080. The van der Waals surface area contributed by atoms with E-state index >= 15 is 0 Å². The molecule has 8 heteroatoms. The zero-order valence-corrected chi connectivity index (χ0v) is 18.6. The highest BCUT2D eigenvalue weighted by Gasteiger charge is 2.35. The quantitative estimate of drug-likeness (QED) is 0.304. The average Bonchev–Trinajstić information content (AvgIpc) is 2.78. The molecular weight excluding hydrogens is 431 g/mol. The first kappa shape index (κ1) is 23.0. The van der Waals surface area contributed by atoms with E-state index in [0.717, 1.165) is 0 Å². The van der Waals surface area contributed by atoms with Gasteiger partial charge in [-0.25, -0.2) is 0 Å². The molecule has 0 radical (unpaired) electrons. The molecular formula is C24H21O7P. The number of aryl methyl sites for hydroxylation is 3. The summed E-state index contributed by atoms with van der Waals surface area (Å²) in [6.45, 7) is 5.09. The summed E-state index contributed by atoms with van der Waals surface area (Å²) in [7, 11) is -4.30. The van der Waals surface area contributed by atoms with Gasteiger partial charge in [0.05, 0.1) is 0 Å². The van der Waals surface area contributed by atoms with Crippen LogP contribution in [0.5, 0.6) is 17.2 Å². The van der Waals surface area contributed by atoms with Crippen LogP contribution < -0.4 is 13.6 Å². The van der Waals surface area contributed by atoms with Crippen LogP contribution in [0, 0.1) is 20.8 Å². The summed E-state index contributed by atoms with van der Waals surface area (Å²) in [4.78, 5) is 33.1. The van der Waals surface area contributed by atoms with Crippen molar-refractivity contribution in [3.63, 3.8) is 0 Å². The number of phosphoric acid groups is 1. The number of aldehydes is 3. The Labute approximate surface area is 185 Å². The molecule has 0 amide bonds. The fourth-order valence-electron chi connectivity index (χ4n) is 2.96. The third-order valence-corrected chi connectivity index (χ3v) is 5.90. The first-order valence-electron chi connectivity index (χ1n) is 9.63. The lowest BCUT2D eigenvalue weighted by Gasteiger charge is -2.22. The summed E-state index contributed by atoms with van der Waals surface area (Å²) < 4.78 is 30.9. The Hall–Kier alpha value is -3.70. The maximum atomic E-state index is 13.8. The van der Waals surface area contributed by atoms with E-state index in [-0.39, 0.29) is 17.2 Å². The molecule has 3 aromatic rings. The molecule has 0 aliphatic rings. The second-order valence-electron chi connectivity index (χ2n) is 7.15. The zero-order chi connectivity index (χ0) is 23.3. The number of phosphoric ester groups is 1. The summed E-state index contributed by atoms with van der Waals surface area (Å²) in [5.74, 6) is 0.634. The maximum Gasteiger partial charge on any atom is 0.647 e. The summed E-state index contributed by atoms with van der Waals surface area (Å²) in [6.07, 6.45) is 2.08. The van der Waals surface area contributed by atoms with Gasteiger partial charge < -0.3 is 13.6 Å². The van der Waals surface area contributed by atoms with Crippen molar-refractivity contribution in [2.45, 2.75) is 20.8 Å². The predicted octanol–water partition coefficient (Wildman–Crippen LogP) is 5.69. The highest BCUT2D eigenvalue weighted by Crippen LogP contribution is 2.51. The smallest absolute Gasteiger partial charge is 0.386 e. The fraction of sp³-hybridized carbons (Fsp3) is 0.125. The molecule has 0 unspecified atom stereocenters. The number of carbonyl (C=O) groups is 3. The van der Waals surface area contributed by atoms with Gasteiger partial charge >= 0.3 is 7.82 Å². The SMILES string of the molecule is Cc1cc(C=O)ccc1OP(=O)(Oc1ccc(C=O)cc1C)Oc1ccc(C=O)cc1C. The topological polar surface area (TPSA) is 96.0 Å². The van der Waals surface area contributed by atoms with E-state index in [2.05, 4.69) is 0 Å². The van der Waals surface area contributed by atoms with Crippen molar-refractivity contribution in [1.82, 2.24) is 0 Å². The molecule has 3 aromatic carbocycles. The highest BCUT2D eigenvalue weighted by molar-refractivity contribution is 7.49. The molecule has 0 saturated heterocycles. The van der Waals surface area contributed by atoms with E-state index in [9.17, 15) is 18.9 Å². The molecule has 0 spiro atoms. The van der Waals surface area contributed by atoms with Crippen LogP contribution in [-0.2, 0) is 4.57 Å². The van der Waals surface area contributed by atoms with Gasteiger partial charge in [0.2, 0.25) is 0 Å². The molecule has 32 heavy (non-hydrogen) atoms. The maximum absolute atomic E-state index is 13.8. The molecule has 164 valence electrons. The Balaban J connectivity index is 2.01. The minimum Gasteiger partial charge on any atom is -0.386 e. The van der Waals surface area contributed by atoms with Crippen LogP contribution in [0.15, 0.2) is 54.6 Å². The highest BCUT2D eigenvalue weighted by atomic mass is 31.2. The second-order valence-corrected chi connectivity index (χ2v) is 8.59. The lowest BCUT2D eigenvalue weighted by atomic mass is 10.1. The number of rotatable bonds is 9. The summed E-state index contributed by atoms with van der Waals surface area (Å²) in [6, 6.07) is 13.8. The molecule has 0 saturated carbocycles. The van der Waals surface area contributed by atoms with Crippen LogP contribution in [0.3, 0.4) is 0 Å². The molecule has 7 nitrogen and oxygen atoms in total. The van der Waals surface area contributed by atoms with Gasteiger partial charge in [-0.3, -0.25) is 14.4 Å².